The summed E-state index contributed by atoms with van der Waals surface area (Å²) in [5.41, 5.74) is 7.43. The average molecular weight is 231 g/mol. The maximum atomic E-state index is 12.4. The SMILES string of the molecule is CCC(C)CC(=O)C1(c2ccc(N)cc2)CC1. The van der Waals surface area contributed by atoms with Gasteiger partial charge in [-0.2, -0.15) is 0 Å². The summed E-state index contributed by atoms with van der Waals surface area (Å²) in [6.07, 6.45) is 3.79. The topological polar surface area (TPSA) is 43.1 Å². The zero-order valence-corrected chi connectivity index (χ0v) is 10.7. The molecule has 2 N–H and O–H groups in total. The Morgan fingerprint density at radius 2 is 1.94 bits per heavy atom. The van der Waals surface area contributed by atoms with Crippen molar-refractivity contribution in [3.05, 3.63) is 29.8 Å². The van der Waals surface area contributed by atoms with Crippen molar-refractivity contribution in [1.82, 2.24) is 0 Å². The van der Waals surface area contributed by atoms with Crippen molar-refractivity contribution >= 4 is 11.5 Å². The number of anilines is 1. The third-order valence-electron chi connectivity index (χ3n) is 3.98. The van der Waals surface area contributed by atoms with Gasteiger partial charge >= 0.3 is 0 Å². The number of carbonyl (C=O) groups is 1. The van der Waals surface area contributed by atoms with E-state index in [1.807, 2.05) is 24.3 Å². The van der Waals surface area contributed by atoms with E-state index in [9.17, 15) is 4.79 Å². The first-order valence-electron chi connectivity index (χ1n) is 6.48. The van der Waals surface area contributed by atoms with Gasteiger partial charge in [0.15, 0.2) is 0 Å². The van der Waals surface area contributed by atoms with Crippen LogP contribution in [0.1, 0.15) is 45.1 Å². The first kappa shape index (κ1) is 12.2. The summed E-state index contributed by atoms with van der Waals surface area (Å²) < 4.78 is 0. The molecule has 0 saturated heterocycles. The van der Waals surface area contributed by atoms with Gasteiger partial charge in [0.05, 0.1) is 5.41 Å². The zero-order valence-electron chi connectivity index (χ0n) is 10.7. The number of nitrogens with two attached hydrogens (primary N) is 1. The third kappa shape index (κ3) is 2.36. The van der Waals surface area contributed by atoms with Crippen molar-refractivity contribution in [1.29, 1.82) is 0 Å². The Hall–Kier alpha value is -1.31. The lowest BCUT2D eigenvalue weighted by atomic mass is 9.86. The average Bonchev–Trinajstić information content (AvgIpc) is 3.11. The molecule has 1 aromatic carbocycles. The summed E-state index contributed by atoms with van der Waals surface area (Å²) in [6, 6.07) is 7.81. The van der Waals surface area contributed by atoms with Crippen LogP contribution in [0.4, 0.5) is 5.69 Å². The molecule has 1 fully saturated rings. The summed E-state index contributed by atoms with van der Waals surface area (Å²) in [7, 11) is 0. The Morgan fingerprint density at radius 3 is 2.41 bits per heavy atom. The fraction of sp³-hybridized carbons (Fsp3) is 0.533. The van der Waals surface area contributed by atoms with Crippen molar-refractivity contribution in [3.8, 4) is 0 Å². The van der Waals surface area contributed by atoms with Crippen LogP contribution in [0, 0.1) is 5.92 Å². The van der Waals surface area contributed by atoms with Crippen LogP contribution < -0.4 is 5.73 Å². The number of ketones is 1. The van der Waals surface area contributed by atoms with E-state index in [0.29, 0.717) is 18.1 Å². The molecule has 92 valence electrons. The van der Waals surface area contributed by atoms with Crippen LogP contribution in [0.25, 0.3) is 0 Å². The van der Waals surface area contributed by atoms with Crippen LogP contribution in [0.3, 0.4) is 0 Å². The number of hydrogen-bond acceptors (Lipinski definition) is 2. The van der Waals surface area contributed by atoms with E-state index in [1.54, 1.807) is 0 Å². The van der Waals surface area contributed by atoms with Crippen molar-refractivity contribution in [2.45, 2.75) is 44.9 Å². The zero-order chi connectivity index (χ0) is 12.5. The van der Waals surface area contributed by atoms with Gasteiger partial charge in [-0.25, -0.2) is 0 Å². The second-order valence-electron chi connectivity index (χ2n) is 5.34. The van der Waals surface area contributed by atoms with Gasteiger partial charge in [0.1, 0.15) is 5.78 Å². The molecule has 1 aliphatic rings. The molecule has 0 heterocycles. The fourth-order valence-corrected chi connectivity index (χ4v) is 2.31. The molecule has 1 aromatic rings. The summed E-state index contributed by atoms with van der Waals surface area (Å²) in [6.45, 7) is 4.29. The standard InChI is InChI=1S/C15H21NO/c1-3-11(2)10-14(17)15(8-9-15)12-4-6-13(16)7-5-12/h4-7,11H,3,8-10,16H2,1-2H3. The highest BCUT2D eigenvalue weighted by molar-refractivity contribution is 5.93. The van der Waals surface area contributed by atoms with Gasteiger partial charge in [0.2, 0.25) is 0 Å². The van der Waals surface area contributed by atoms with Crippen molar-refractivity contribution < 1.29 is 4.79 Å². The van der Waals surface area contributed by atoms with Gasteiger partial charge in [-0.05, 0) is 36.5 Å². The molecule has 2 nitrogen and oxygen atoms in total. The van der Waals surface area contributed by atoms with Crippen LogP contribution in [0.5, 0.6) is 0 Å². The monoisotopic (exact) mass is 231 g/mol. The van der Waals surface area contributed by atoms with E-state index in [0.717, 1.165) is 30.5 Å². The number of Topliss-reactive ketones (excluding diaryl/α,β-unsaturated/α-hetero) is 1. The maximum Gasteiger partial charge on any atom is 0.143 e. The predicted octanol–water partition coefficient (Wildman–Crippen LogP) is 3.31. The van der Waals surface area contributed by atoms with E-state index in [1.165, 1.54) is 0 Å². The Balaban J connectivity index is 2.14. The van der Waals surface area contributed by atoms with Gasteiger partial charge < -0.3 is 5.73 Å². The van der Waals surface area contributed by atoms with Crippen LogP contribution >= 0.6 is 0 Å². The summed E-state index contributed by atoms with van der Waals surface area (Å²) in [5, 5.41) is 0. The van der Waals surface area contributed by atoms with Gasteiger partial charge in [-0.15, -0.1) is 0 Å². The van der Waals surface area contributed by atoms with E-state index in [4.69, 9.17) is 5.73 Å². The van der Waals surface area contributed by atoms with Gasteiger partial charge in [0.25, 0.3) is 0 Å². The largest absolute Gasteiger partial charge is 0.399 e. The molecule has 0 amide bonds. The van der Waals surface area contributed by atoms with E-state index in [-0.39, 0.29) is 5.41 Å². The van der Waals surface area contributed by atoms with Gasteiger partial charge in [-0.1, -0.05) is 32.4 Å². The second-order valence-corrected chi connectivity index (χ2v) is 5.34. The minimum absolute atomic E-state index is 0.170. The molecule has 0 aliphatic heterocycles. The smallest absolute Gasteiger partial charge is 0.143 e. The molecule has 17 heavy (non-hydrogen) atoms. The minimum atomic E-state index is -0.170. The molecular formula is C15H21NO. The van der Waals surface area contributed by atoms with E-state index < -0.39 is 0 Å². The first-order chi connectivity index (χ1) is 8.08. The third-order valence-corrected chi connectivity index (χ3v) is 3.98. The normalized spacial score (nSPS) is 18.7. The predicted molar refractivity (Wildman–Crippen MR) is 70.8 cm³/mol. The molecule has 0 spiro atoms. The Labute approximate surface area is 103 Å². The molecule has 0 aromatic heterocycles. The summed E-state index contributed by atoms with van der Waals surface area (Å²) >= 11 is 0. The highest BCUT2D eigenvalue weighted by Crippen LogP contribution is 2.50. The molecule has 2 rings (SSSR count). The summed E-state index contributed by atoms with van der Waals surface area (Å²) in [4.78, 5) is 12.4. The van der Waals surface area contributed by atoms with Crippen LogP contribution in [-0.2, 0) is 10.2 Å². The molecule has 1 aliphatic carbocycles. The lowest BCUT2D eigenvalue weighted by Crippen LogP contribution is -2.22. The maximum absolute atomic E-state index is 12.4. The second kappa shape index (κ2) is 4.52. The van der Waals surface area contributed by atoms with E-state index >= 15 is 0 Å². The molecule has 0 radical (unpaired) electrons. The lowest BCUT2D eigenvalue weighted by Gasteiger charge is -2.17. The quantitative estimate of drug-likeness (QED) is 0.790. The highest BCUT2D eigenvalue weighted by Gasteiger charge is 2.50. The molecule has 2 heteroatoms. The number of rotatable bonds is 5. The van der Waals surface area contributed by atoms with Gasteiger partial charge in [-0.3, -0.25) is 4.79 Å². The Bertz CT molecular complexity index is 403. The van der Waals surface area contributed by atoms with Crippen molar-refractivity contribution in [3.63, 3.8) is 0 Å². The molecule has 1 unspecified atom stereocenters. The van der Waals surface area contributed by atoms with Crippen molar-refractivity contribution in [2.75, 3.05) is 5.73 Å². The van der Waals surface area contributed by atoms with Crippen LogP contribution in [0.2, 0.25) is 0 Å². The van der Waals surface area contributed by atoms with Crippen molar-refractivity contribution in [2.24, 2.45) is 5.92 Å². The minimum Gasteiger partial charge on any atom is -0.399 e. The lowest BCUT2D eigenvalue weighted by molar-refractivity contribution is -0.122. The van der Waals surface area contributed by atoms with E-state index in [2.05, 4.69) is 13.8 Å². The molecule has 0 bridgehead atoms. The summed E-state index contributed by atoms with van der Waals surface area (Å²) in [5.74, 6) is 0.908. The number of nitrogen functional groups attached to an aromatic ring is 1. The van der Waals surface area contributed by atoms with Crippen LogP contribution in [0.15, 0.2) is 24.3 Å². The van der Waals surface area contributed by atoms with Gasteiger partial charge in [0, 0.05) is 12.1 Å². The highest BCUT2D eigenvalue weighted by atomic mass is 16.1. The number of carbonyl (C=O) groups excluding carboxylic acids is 1. The molecular weight excluding hydrogens is 210 g/mol. The number of hydrogen-bond donors (Lipinski definition) is 1. The molecule has 1 atom stereocenters. The molecule has 1 saturated carbocycles. The fourth-order valence-electron chi connectivity index (χ4n) is 2.31. The Morgan fingerprint density at radius 1 is 1.35 bits per heavy atom. The number of benzene rings is 1. The Kier molecular flexibility index (Phi) is 3.23. The van der Waals surface area contributed by atoms with Crippen LogP contribution in [-0.4, -0.2) is 5.78 Å². The first-order valence-corrected chi connectivity index (χ1v) is 6.48.